The molecule has 0 atom stereocenters. The predicted molar refractivity (Wildman–Crippen MR) is 133 cm³/mol. The van der Waals surface area contributed by atoms with E-state index in [1.165, 1.54) is 5.56 Å². The summed E-state index contributed by atoms with van der Waals surface area (Å²) in [5.74, 6) is 0.224. The Morgan fingerprint density at radius 1 is 0.848 bits per heavy atom. The van der Waals surface area contributed by atoms with Gasteiger partial charge in [-0.1, -0.05) is 61.2 Å². The van der Waals surface area contributed by atoms with E-state index in [-0.39, 0.29) is 16.4 Å². The van der Waals surface area contributed by atoms with E-state index >= 15 is 0 Å². The number of hydrogen-bond acceptors (Lipinski definition) is 4. The lowest BCUT2D eigenvalue weighted by atomic mass is 9.65. The summed E-state index contributed by atoms with van der Waals surface area (Å²) in [5.41, 5.74) is 3.20. The summed E-state index contributed by atoms with van der Waals surface area (Å²) in [4.78, 5) is 0.305. The fraction of sp³-hybridized carbons (Fsp3) is 0.538. The molecule has 0 aromatic heterocycles. The summed E-state index contributed by atoms with van der Waals surface area (Å²) in [6, 6.07) is 15.1. The molecule has 4 rings (SSSR count). The van der Waals surface area contributed by atoms with Crippen LogP contribution in [0.4, 0.5) is 0 Å². The van der Waals surface area contributed by atoms with Crippen molar-refractivity contribution in [2.75, 3.05) is 12.3 Å². The van der Waals surface area contributed by atoms with Crippen molar-refractivity contribution in [1.29, 1.82) is 0 Å². The third kappa shape index (κ3) is 6.06. The smallest absolute Gasteiger partial charge is 0.229 e. The van der Waals surface area contributed by atoms with Crippen molar-refractivity contribution >= 4 is 19.9 Å². The molecule has 0 amide bonds. The van der Waals surface area contributed by atoms with Crippen LogP contribution in [0.25, 0.3) is 0 Å². The van der Waals surface area contributed by atoms with Crippen LogP contribution in [0.2, 0.25) is 0 Å². The third-order valence-electron chi connectivity index (χ3n) is 7.47. The van der Waals surface area contributed by atoms with Gasteiger partial charge in [-0.25, -0.2) is 21.6 Å². The van der Waals surface area contributed by atoms with E-state index in [2.05, 4.69) is 16.9 Å². The molecule has 0 heterocycles. The van der Waals surface area contributed by atoms with Gasteiger partial charge < -0.3 is 0 Å². The van der Waals surface area contributed by atoms with E-state index in [0.29, 0.717) is 17.9 Å². The molecule has 180 valence electrons. The second-order valence-corrected chi connectivity index (χ2v) is 14.2. The topological polar surface area (TPSA) is 80.3 Å². The number of sulfone groups is 1. The summed E-state index contributed by atoms with van der Waals surface area (Å²) >= 11 is 0. The molecule has 2 aliphatic carbocycles. The lowest BCUT2D eigenvalue weighted by Crippen LogP contribution is -2.43. The summed E-state index contributed by atoms with van der Waals surface area (Å²) < 4.78 is 53.3. The van der Waals surface area contributed by atoms with Crippen molar-refractivity contribution in [3.63, 3.8) is 0 Å². The Morgan fingerprint density at radius 3 is 2.03 bits per heavy atom. The van der Waals surface area contributed by atoms with E-state index in [1.807, 2.05) is 31.2 Å². The second kappa shape index (κ2) is 9.88. The lowest BCUT2D eigenvalue weighted by Gasteiger charge is -2.42. The molecule has 0 spiro atoms. The number of aryl methyl sites for hydroxylation is 2. The van der Waals surface area contributed by atoms with Crippen LogP contribution in [0.5, 0.6) is 0 Å². The number of rotatable bonds is 10. The molecule has 5 nitrogen and oxygen atoms in total. The molecule has 2 fully saturated rings. The summed E-state index contributed by atoms with van der Waals surface area (Å²) in [5, 5.41) is -0.140. The molecule has 0 aliphatic heterocycles. The maximum absolute atomic E-state index is 12.7. The Labute approximate surface area is 199 Å². The lowest BCUT2D eigenvalue weighted by molar-refractivity contribution is 0.139. The molecular weight excluding hydrogens is 454 g/mol. The summed E-state index contributed by atoms with van der Waals surface area (Å²) in [6.45, 7) is 2.37. The van der Waals surface area contributed by atoms with Crippen LogP contribution in [0.1, 0.15) is 61.6 Å². The summed E-state index contributed by atoms with van der Waals surface area (Å²) in [7, 11) is -6.52. The Balaban J connectivity index is 1.33. The molecule has 1 N–H and O–H groups in total. The fourth-order valence-electron chi connectivity index (χ4n) is 5.07. The average Bonchev–Trinajstić information content (AvgIpc) is 3.31. The number of benzene rings is 2. The molecule has 2 aromatic rings. The van der Waals surface area contributed by atoms with Crippen molar-refractivity contribution in [1.82, 2.24) is 4.72 Å². The Bertz CT molecular complexity index is 1140. The molecule has 0 unspecified atom stereocenters. The first kappa shape index (κ1) is 24.4. The van der Waals surface area contributed by atoms with E-state index in [4.69, 9.17) is 0 Å². The zero-order chi connectivity index (χ0) is 23.5. The Hall–Kier alpha value is -1.70. The SMILES string of the molecule is Cc1ccc(S(=O)(=O)NCC2(Cc3ccc(CCS(=O)(=O)C4CCCC4)cc3)CCC2)cc1. The van der Waals surface area contributed by atoms with Crippen molar-refractivity contribution in [3.8, 4) is 0 Å². The number of nitrogens with one attached hydrogen (secondary N) is 1. The van der Waals surface area contributed by atoms with Gasteiger partial charge in [0.1, 0.15) is 0 Å². The minimum absolute atomic E-state index is 0.0505. The predicted octanol–water partition coefficient (Wildman–Crippen LogP) is 4.59. The molecule has 0 bridgehead atoms. The van der Waals surface area contributed by atoms with Gasteiger partial charge in [0.05, 0.1) is 15.9 Å². The van der Waals surface area contributed by atoms with Crippen LogP contribution in [0, 0.1) is 12.3 Å². The van der Waals surface area contributed by atoms with Gasteiger partial charge in [0, 0.05) is 6.54 Å². The average molecular weight is 490 g/mol. The van der Waals surface area contributed by atoms with Gasteiger partial charge in [0.25, 0.3) is 0 Å². The minimum Gasteiger partial charge on any atom is -0.229 e. The molecule has 0 saturated heterocycles. The van der Waals surface area contributed by atoms with Crippen molar-refractivity contribution in [2.24, 2.45) is 5.41 Å². The zero-order valence-corrected chi connectivity index (χ0v) is 21.1. The van der Waals surface area contributed by atoms with Crippen molar-refractivity contribution < 1.29 is 16.8 Å². The molecular formula is C26H35NO4S2. The molecule has 2 aliphatic rings. The maximum Gasteiger partial charge on any atom is 0.240 e. The highest BCUT2D eigenvalue weighted by Crippen LogP contribution is 2.43. The normalized spacial score (nSPS) is 18.8. The second-order valence-electron chi connectivity index (χ2n) is 10.0. The van der Waals surface area contributed by atoms with Gasteiger partial charge in [-0.15, -0.1) is 0 Å². The highest BCUT2D eigenvalue weighted by atomic mass is 32.2. The minimum atomic E-state index is -3.52. The van der Waals surface area contributed by atoms with E-state index < -0.39 is 19.9 Å². The van der Waals surface area contributed by atoms with Crippen molar-refractivity contribution in [3.05, 3.63) is 65.2 Å². The molecule has 7 heteroatoms. The summed E-state index contributed by atoms with van der Waals surface area (Å²) in [6.07, 6.45) is 8.20. The van der Waals surface area contributed by atoms with Gasteiger partial charge in [-0.2, -0.15) is 0 Å². The standard InChI is InChI=1S/C26H35NO4S2/c1-21-7-13-25(14-8-21)33(30,31)27-20-26(16-4-17-26)19-23-11-9-22(10-12-23)15-18-32(28,29)24-5-2-3-6-24/h7-14,24,27H,2-6,15-20H2,1H3. The molecule has 2 aromatic carbocycles. The largest absolute Gasteiger partial charge is 0.240 e. The highest BCUT2D eigenvalue weighted by molar-refractivity contribution is 7.92. The van der Waals surface area contributed by atoms with E-state index in [1.54, 1.807) is 12.1 Å². The molecule has 33 heavy (non-hydrogen) atoms. The van der Waals surface area contributed by atoms with Crippen LogP contribution in [-0.4, -0.2) is 34.4 Å². The van der Waals surface area contributed by atoms with Crippen LogP contribution in [-0.2, 0) is 32.7 Å². The van der Waals surface area contributed by atoms with Gasteiger partial charge in [-0.05, 0) is 74.1 Å². The number of sulfonamides is 1. The van der Waals surface area contributed by atoms with E-state index in [9.17, 15) is 16.8 Å². The highest BCUT2D eigenvalue weighted by Gasteiger charge is 2.38. The first-order valence-electron chi connectivity index (χ1n) is 12.0. The van der Waals surface area contributed by atoms with Gasteiger partial charge in [-0.3, -0.25) is 0 Å². The fourth-order valence-corrected chi connectivity index (χ4v) is 8.14. The van der Waals surface area contributed by atoms with Crippen LogP contribution < -0.4 is 4.72 Å². The first-order chi connectivity index (χ1) is 15.7. The Kier molecular flexibility index (Phi) is 7.32. The maximum atomic E-state index is 12.7. The van der Waals surface area contributed by atoms with Crippen LogP contribution in [0.3, 0.4) is 0 Å². The van der Waals surface area contributed by atoms with Gasteiger partial charge in [0.2, 0.25) is 10.0 Å². The first-order valence-corrected chi connectivity index (χ1v) is 15.2. The van der Waals surface area contributed by atoms with Crippen LogP contribution >= 0.6 is 0 Å². The van der Waals surface area contributed by atoms with Crippen molar-refractivity contribution in [2.45, 2.75) is 74.9 Å². The van der Waals surface area contributed by atoms with Gasteiger partial charge in [0.15, 0.2) is 9.84 Å². The van der Waals surface area contributed by atoms with E-state index in [0.717, 1.165) is 62.5 Å². The number of hydrogen-bond donors (Lipinski definition) is 1. The monoisotopic (exact) mass is 489 g/mol. The molecule has 0 radical (unpaired) electrons. The van der Waals surface area contributed by atoms with Crippen LogP contribution in [0.15, 0.2) is 53.4 Å². The quantitative estimate of drug-likeness (QED) is 0.529. The Morgan fingerprint density at radius 2 is 1.45 bits per heavy atom. The third-order valence-corrected chi connectivity index (χ3v) is 11.1. The molecule has 2 saturated carbocycles. The van der Waals surface area contributed by atoms with Gasteiger partial charge >= 0.3 is 0 Å². The zero-order valence-electron chi connectivity index (χ0n) is 19.4.